The lowest BCUT2D eigenvalue weighted by molar-refractivity contribution is 0.0973. The van der Waals surface area contributed by atoms with Gasteiger partial charge in [0.2, 0.25) is 5.96 Å². The average molecular weight is 415 g/mol. The van der Waals surface area contributed by atoms with Crippen LogP contribution in [0.4, 0.5) is 19.0 Å². The van der Waals surface area contributed by atoms with E-state index in [1.807, 2.05) is 20.8 Å². The van der Waals surface area contributed by atoms with Crippen LogP contribution in [0.5, 0.6) is 0 Å². The van der Waals surface area contributed by atoms with E-state index in [0.29, 0.717) is 23.1 Å². The predicted octanol–water partition coefficient (Wildman–Crippen LogP) is 4.49. The highest BCUT2D eigenvalue weighted by atomic mass is 19.1. The lowest BCUT2D eigenvalue weighted by Crippen LogP contribution is -2.38. The maximum Gasteiger partial charge on any atom is 0.260 e. The number of nitrogens with one attached hydrogen (secondary N) is 3. The maximum absolute atomic E-state index is 13.9. The zero-order valence-corrected chi connectivity index (χ0v) is 16.6. The number of aromatic nitrogens is 2. The summed E-state index contributed by atoms with van der Waals surface area (Å²) in [6, 6.07) is 10.2. The van der Waals surface area contributed by atoms with Gasteiger partial charge in [0.05, 0.1) is 16.8 Å². The number of hydrogen-bond donors (Lipinski definition) is 3. The highest BCUT2D eigenvalue weighted by Gasteiger charge is 2.18. The number of guanidine groups is 1. The molecule has 0 fully saturated rings. The fourth-order valence-corrected chi connectivity index (χ4v) is 2.56. The number of nitrogens with zero attached hydrogens (tertiary/aromatic N) is 2. The molecule has 2 aromatic carbocycles. The maximum atomic E-state index is 13.9. The number of benzene rings is 2. The van der Waals surface area contributed by atoms with Gasteiger partial charge in [-0.2, -0.15) is 5.10 Å². The smallest absolute Gasteiger partial charge is 0.260 e. The first-order valence-electron chi connectivity index (χ1n) is 9.05. The SMILES string of the molecule is CC(C)(C)N=C(NC(=O)c1ccc(F)cc1F)Nc1cc(-c2ccc(F)cc2)[nH]n1. The van der Waals surface area contributed by atoms with Gasteiger partial charge in [-0.05, 0) is 62.7 Å². The molecule has 30 heavy (non-hydrogen) atoms. The minimum absolute atomic E-state index is 0.0355. The molecule has 0 saturated heterocycles. The Morgan fingerprint density at radius 3 is 2.30 bits per heavy atom. The summed E-state index contributed by atoms with van der Waals surface area (Å²) in [5, 5.41) is 12.3. The molecule has 0 aliphatic rings. The molecule has 156 valence electrons. The molecular formula is C21H20F3N5O. The molecule has 0 aliphatic heterocycles. The fourth-order valence-electron chi connectivity index (χ4n) is 2.56. The van der Waals surface area contributed by atoms with Crippen LogP contribution in [0.1, 0.15) is 31.1 Å². The van der Waals surface area contributed by atoms with Gasteiger partial charge in [0.25, 0.3) is 5.91 Å². The second-order valence-electron chi connectivity index (χ2n) is 7.51. The van der Waals surface area contributed by atoms with Crippen molar-refractivity contribution in [2.24, 2.45) is 4.99 Å². The molecule has 0 bridgehead atoms. The van der Waals surface area contributed by atoms with Crippen molar-refractivity contribution in [1.29, 1.82) is 0 Å². The Hall–Kier alpha value is -3.62. The Morgan fingerprint density at radius 1 is 1.00 bits per heavy atom. The molecule has 1 heterocycles. The van der Waals surface area contributed by atoms with Crippen LogP contribution in [0.3, 0.4) is 0 Å². The third-order valence-corrected chi connectivity index (χ3v) is 3.83. The normalized spacial score (nSPS) is 12.0. The van der Waals surface area contributed by atoms with Crippen molar-refractivity contribution < 1.29 is 18.0 Å². The minimum atomic E-state index is -0.985. The second kappa shape index (κ2) is 8.40. The van der Waals surface area contributed by atoms with Crippen LogP contribution in [-0.2, 0) is 0 Å². The zero-order valence-electron chi connectivity index (χ0n) is 16.6. The number of amides is 1. The highest BCUT2D eigenvalue weighted by molar-refractivity contribution is 6.10. The summed E-state index contributed by atoms with van der Waals surface area (Å²) in [6.07, 6.45) is 0. The lowest BCUT2D eigenvalue weighted by Gasteiger charge is -2.17. The van der Waals surface area contributed by atoms with Gasteiger partial charge in [0.1, 0.15) is 17.5 Å². The van der Waals surface area contributed by atoms with Crippen molar-refractivity contribution in [2.45, 2.75) is 26.3 Å². The first-order chi connectivity index (χ1) is 14.1. The van der Waals surface area contributed by atoms with Gasteiger partial charge >= 0.3 is 0 Å². The topological polar surface area (TPSA) is 82.2 Å². The van der Waals surface area contributed by atoms with Crippen LogP contribution in [0, 0.1) is 17.5 Å². The van der Waals surface area contributed by atoms with Crippen LogP contribution in [-0.4, -0.2) is 27.6 Å². The number of halogens is 3. The van der Waals surface area contributed by atoms with Crippen LogP contribution >= 0.6 is 0 Å². The monoisotopic (exact) mass is 415 g/mol. The van der Waals surface area contributed by atoms with Crippen molar-refractivity contribution >= 4 is 17.7 Å². The van der Waals surface area contributed by atoms with E-state index in [9.17, 15) is 18.0 Å². The Labute approximate surface area is 171 Å². The van der Waals surface area contributed by atoms with Gasteiger partial charge in [-0.15, -0.1) is 0 Å². The molecule has 0 aliphatic carbocycles. The Balaban J connectivity index is 1.82. The van der Waals surface area contributed by atoms with Crippen molar-refractivity contribution in [3.05, 3.63) is 71.5 Å². The van der Waals surface area contributed by atoms with Gasteiger partial charge in [-0.25, -0.2) is 18.2 Å². The molecule has 1 aromatic heterocycles. The van der Waals surface area contributed by atoms with E-state index < -0.39 is 23.1 Å². The molecule has 3 rings (SSSR count). The molecule has 0 radical (unpaired) electrons. The van der Waals surface area contributed by atoms with E-state index in [0.717, 1.165) is 12.1 Å². The van der Waals surface area contributed by atoms with Crippen molar-refractivity contribution in [1.82, 2.24) is 15.5 Å². The number of anilines is 1. The van der Waals surface area contributed by atoms with Gasteiger partial charge < -0.3 is 5.32 Å². The van der Waals surface area contributed by atoms with Crippen LogP contribution < -0.4 is 10.6 Å². The molecule has 0 atom stereocenters. The number of aromatic amines is 1. The quantitative estimate of drug-likeness (QED) is 0.435. The first kappa shape index (κ1) is 21.1. The second-order valence-corrected chi connectivity index (χ2v) is 7.51. The standard InChI is InChI=1S/C21H20F3N5O/c1-21(2,3)27-20(26-19(30)15-9-8-14(23)10-16(15)24)25-18-11-17(28-29-18)12-4-6-13(22)7-5-12/h4-11H,1-3H3,(H3,25,26,27,28,29,30). The molecule has 0 spiro atoms. The van der Waals surface area contributed by atoms with Crippen molar-refractivity contribution in [2.75, 3.05) is 5.32 Å². The van der Waals surface area contributed by atoms with Crippen LogP contribution in [0.15, 0.2) is 53.5 Å². The Bertz CT molecular complexity index is 1080. The zero-order chi connectivity index (χ0) is 21.9. The molecule has 3 N–H and O–H groups in total. The van der Waals surface area contributed by atoms with Crippen molar-refractivity contribution in [3.63, 3.8) is 0 Å². The number of carbonyl (C=O) groups is 1. The number of carbonyl (C=O) groups excluding carboxylic acids is 1. The highest BCUT2D eigenvalue weighted by Crippen LogP contribution is 2.20. The molecule has 0 saturated carbocycles. The summed E-state index contributed by atoms with van der Waals surface area (Å²) in [4.78, 5) is 16.8. The van der Waals surface area contributed by atoms with Crippen LogP contribution in [0.2, 0.25) is 0 Å². The van der Waals surface area contributed by atoms with Gasteiger partial charge in [-0.3, -0.25) is 15.2 Å². The van der Waals surface area contributed by atoms with E-state index >= 15 is 0 Å². The number of rotatable bonds is 3. The molecular weight excluding hydrogens is 395 g/mol. The fraction of sp³-hybridized carbons (Fsp3) is 0.190. The third kappa shape index (κ3) is 5.47. The van der Waals surface area contributed by atoms with Crippen molar-refractivity contribution in [3.8, 4) is 11.3 Å². The number of hydrogen-bond acceptors (Lipinski definition) is 3. The summed E-state index contributed by atoms with van der Waals surface area (Å²) in [5.41, 5.74) is 0.425. The van der Waals surface area contributed by atoms with E-state index in [1.165, 1.54) is 12.1 Å². The molecule has 6 nitrogen and oxygen atoms in total. The average Bonchev–Trinajstić information content (AvgIpc) is 3.09. The van der Waals surface area contributed by atoms with E-state index in [1.54, 1.807) is 18.2 Å². The molecule has 9 heteroatoms. The first-order valence-corrected chi connectivity index (χ1v) is 9.05. The van der Waals surface area contributed by atoms with Gasteiger partial charge in [-0.1, -0.05) is 0 Å². The largest absolute Gasteiger partial charge is 0.309 e. The molecule has 1 amide bonds. The van der Waals surface area contributed by atoms with Crippen LogP contribution in [0.25, 0.3) is 11.3 Å². The summed E-state index contributed by atoms with van der Waals surface area (Å²) < 4.78 is 40.1. The van der Waals surface area contributed by atoms with E-state index in [-0.39, 0.29) is 17.3 Å². The summed E-state index contributed by atoms with van der Waals surface area (Å²) in [5.74, 6) is -2.55. The third-order valence-electron chi connectivity index (χ3n) is 3.83. The summed E-state index contributed by atoms with van der Waals surface area (Å²) in [6.45, 7) is 5.44. The molecule has 0 unspecified atom stereocenters. The Morgan fingerprint density at radius 2 is 1.67 bits per heavy atom. The van der Waals surface area contributed by atoms with Gasteiger partial charge in [0, 0.05) is 12.1 Å². The Kier molecular flexibility index (Phi) is 5.91. The molecule has 3 aromatic rings. The summed E-state index contributed by atoms with van der Waals surface area (Å²) >= 11 is 0. The minimum Gasteiger partial charge on any atom is -0.309 e. The number of H-pyrrole nitrogens is 1. The predicted molar refractivity (Wildman–Crippen MR) is 109 cm³/mol. The summed E-state index contributed by atoms with van der Waals surface area (Å²) in [7, 11) is 0. The lowest BCUT2D eigenvalue weighted by atomic mass is 10.1. The van der Waals surface area contributed by atoms with E-state index in [4.69, 9.17) is 0 Å². The van der Waals surface area contributed by atoms with Gasteiger partial charge in [0.15, 0.2) is 5.82 Å². The van der Waals surface area contributed by atoms with E-state index in [2.05, 4.69) is 25.8 Å². The number of aliphatic imine (C=N–C) groups is 1.